The van der Waals surface area contributed by atoms with Crippen molar-refractivity contribution in [2.24, 2.45) is 0 Å². The summed E-state index contributed by atoms with van der Waals surface area (Å²) in [4.78, 5) is 8.79. The fourth-order valence-electron chi connectivity index (χ4n) is 2.18. The van der Waals surface area contributed by atoms with Crippen LogP contribution < -0.4 is 5.32 Å². The van der Waals surface area contributed by atoms with Crippen molar-refractivity contribution in [2.75, 3.05) is 5.32 Å². The fourth-order valence-corrected chi connectivity index (χ4v) is 2.18. The second-order valence-corrected chi connectivity index (χ2v) is 5.91. The number of hydrogen-bond donors (Lipinski definition) is 1. The molecule has 3 aromatic heterocycles. The van der Waals surface area contributed by atoms with Crippen molar-refractivity contribution >= 4 is 17.0 Å². The lowest BCUT2D eigenvalue weighted by Gasteiger charge is -2.06. The monoisotopic (exact) mass is 300 g/mol. The molecule has 0 spiro atoms. The Morgan fingerprint density at radius 2 is 2.05 bits per heavy atom. The van der Waals surface area contributed by atoms with Crippen molar-refractivity contribution in [3.05, 3.63) is 29.8 Å². The van der Waals surface area contributed by atoms with E-state index in [1.165, 1.54) is 0 Å². The Hall–Kier alpha value is -2.44. The van der Waals surface area contributed by atoms with Gasteiger partial charge < -0.3 is 9.84 Å². The molecule has 7 heteroatoms. The molecular weight excluding hydrogens is 280 g/mol. The van der Waals surface area contributed by atoms with Gasteiger partial charge in [0.1, 0.15) is 0 Å². The van der Waals surface area contributed by atoms with Gasteiger partial charge in [-0.05, 0) is 25.5 Å². The van der Waals surface area contributed by atoms with Crippen LogP contribution in [-0.4, -0.2) is 24.9 Å². The van der Waals surface area contributed by atoms with E-state index < -0.39 is 0 Å². The third-order valence-corrected chi connectivity index (χ3v) is 3.38. The number of nitrogens with one attached hydrogen (secondary N) is 1. The first kappa shape index (κ1) is 14.5. The highest BCUT2D eigenvalue weighted by Gasteiger charge is 2.10. The predicted molar refractivity (Wildman–Crippen MR) is 83.6 cm³/mol. The van der Waals surface area contributed by atoms with Crippen LogP contribution in [0, 0.1) is 0 Å². The first-order valence-electron chi connectivity index (χ1n) is 7.44. The van der Waals surface area contributed by atoms with Crippen molar-refractivity contribution in [3.63, 3.8) is 0 Å². The molecule has 0 aromatic carbocycles. The summed E-state index contributed by atoms with van der Waals surface area (Å²) in [5.74, 6) is 0.952. The molecule has 0 bridgehead atoms. The molecule has 0 saturated heterocycles. The van der Waals surface area contributed by atoms with Gasteiger partial charge in [0.25, 0.3) is 0 Å². The largest absolute Gasteiger partial charge is 0.334 e. The molecule has 7 nitrogen and oxygen atoms in total. The third kappa shape index (κ3) is 2.79. The average Bonchev–Trinajstić information content (AvgIpc) is 3.11. The molecule has 0 fully saturated rings. The Bertz CT molecular complexity index is 773. The van der Waals surface area contributed by atoms with E-state index in [9.17, 15) is 0 Å². The summed E-state index contributed by atoms with van der Waals surface area (Å²) in [5, 5.41) is 12.4. The van der Waals surface area contributed by atoms with Crippen LogP contribution in [0.1, 0.15) is 51.0 Å². The Kier molecular flexibility index (Phi) is 3.79. The molecule has 0 aliphatic carbocycles. The van der Waals surface area contributed by atoms with Gasteiger partial charge in [-0.2, -0.15) is 10.1 Å². The topological polar surface area (TPSA) is 81.7 Å². The van der Waals surface area contributed by atoms with Gasteiger partial charge in [-0.25, -0.2) is 9.67 Å². The second kappa shape index (κ2) is 5.75. The smallest absolute Gasteiger partial charge is 0.321 e. The Labute approximate surface area is 128 Å². The van der Waals surface area contributed by atoms with Crippen LogP contribution in [0.3, 0.4) is 0 Å². The summed E-state index contributed by atoms with van der Waals surface area (Å²) in [6, 6.07) is 2.80. The molecular formula is C15H20N6O. The molecule has 116 valence electrons. The van der Waals surface area contributed by atoms with E-state index in [-0.39, 0.29) is 5.92 Å². The zero-order valence-electron chi connectivity index (χ0n) is 13.2. The molecule has 3 rings (SSSR count). The molecule has 3 aromatic rings. The van der Waals surface area contributed by atoms with Gasteiger partial charge in [-0.3, -0.25) is 0 Å². The SMILES string of the molecule is CC(C)c1noc(NCc2cnc3c(cnn3C(C)C)c2)n1. The van der Waals surface area contributed by atoms with Crippen LogP contribution in [0.4, 0.5) is 6.01 Å². The molecule has 0 aliphatic heterocycles. The molecule has 22 heavy (non-hydrogen) atoms. The van der Waals surface area contributed by atoms with E-state index in [0.29, 0.717) is 24.4 Å². The molecule has 0 unspecified atom stereocenters. The molecule has 0 amide bonds. The van der Waals surface area contributed by atoms with Crippen molar-refractivity contribution in [2.45, 2.75) is 46.2 Å². The van der Waals surface area contributed by atoms with E-state index >= 15 is 0 Å². The number of pyridine rings is 1. The number of fused-ring (bicyclic) bond motifs is 1. The summed E-state index contributed by atoms with van der Waals surface area (Å²) in [5.41, 5.74) is 1.94. The number of anilines is 1. The Morgan fingerprint density at radius 1 is 1.23 bits per heavy atom. The van der Waals surface area contributed by atoms with Crippen LogP contribution in [-0.2, 0) is 6.54 Å². The van der Waals surface area contributed by atoms with E-state index in [0.717, 1.165) is 16.6 Å². The molecule has 0 saturated carbocycles. The normalized spacial score (nSPS) is 11.7. The number of rotatable bonds is 5. The second-order valence-electron chi connectivity index (χ2n) is 5.91. The number of nitrogens with zero attached hydrogens (tertiary/aromatic N) is 5. The molecule has 1 N–H and O–H groups in total. The number of hydrogen-bond acceptors (Lipinski definition) is 6. The number of aromatic nitrogens is 5. The first-order chi connectivity index (χ1) is 10.5. The highest BCUT2D eigenvalue weighted by Crippen LogP contribution is 2.18. The van der Waals surface area contributed by atoms with Crippen molar-refractivity contribution in [1.82, 2.24) is 24.9 Å². The minimum atomic E-state index is 0.249. The van der Waals surface area contributed by atoms with Crippen LogP contribution in [0.2, 0.25) is 0 Å². The summed E-state index contributed by atoms with van der Waals surface area (Å²) in [7, 11) is 0. The van der Waals surface area contributed by atoms with Gasteiger partial charge in [-0.1, -0.05) is 19.0 Å². The highest BCUT2D eigenvalue weighted by atomic mass is 16.5. The molecule has 0 aliphatic rings. The maximum Gasteiger partial charge on any atom is 0.321 e. The van der Waals surface area contributed by atoms with Gasteiger partial charge in [0.15, 0.2) is 11.5 Å². The lowest BCUT2D eigenvalue weighted by molar-refractivity contribution is 0.419. The maximum absolute atomic E-state index is 5.16. The van der Waals surface area contributed by atoms with Crippen molar-refractivity contribution < 1.29 is 4.52 Å². The van der Waals surface area contributed by atoms with Gasteiger partial charge in [-0.15, -0.1) is 0 Å². The first-order valence-corrected chi connectivity index (χ1v) is 7.44. The minimum absolute atomic E-state index is 0.249. The van der Waals surface area contributed by atoms with Crippen molar-refractivity contribution in [1.29, 1.82) is 0 Å². The predicted octanol–water partition coefficient (Wildman–Crippen LogP) is 3.13. The lowest BCUT2D eigenvalue weighted by atomic mass is 10.2. The van der Waals surface area contributed by atoms with E-state index in [2.05, 4.69) is 45.5 Å². The summed E-state index contributed by atoms with van der Waals surface area (Å²) in [6.45, 7) is 8.81. The third-order valence-electron chi connectivity index (χ3n) is 3.38. The van der Waals surface area contributed by atoms with Crippen LogP contribution in [0.25, 0.3) is 11.0 Å². The Balaban J connectivity index is 1.73. The minimum Gasteiger partial charge on any atom is -0.334 e. The molecule has 3 heterocycles. The van der Waals surface area contributed by atoms with Gasteiger partial charge in [0, 0.05) is 30.1 Å². The summed E-state index contributed by atoms with van der Waals surface area (Å²) < 4.78 is 7.08. The molecule has 0 atom stereocenters. The zero-order chi connectivity index (χ0) is 15.7. The average molecular weight is 300 g/mol. The van der Waals surface area contributed by atoms with Gasteiger partial charge >= 0.3 is 6.01 Å². The van der Waals surface area contributed by atoms with E-state index in [4.69, 9.17) is 4.52 Å². The lowest BCUT2D eigenvalue weighted by Crippen LogP contribution is -2.04. The fraction of sp³-hybridized carbons (Fsp3) is 0.467. The highest BCUT2D eigenvalue weighted by molar-refractivity contribution is 5.75. The molecule has 0 radical (unpaired) electrons. The van der Waals surface area contributed by atoms with Crippen LogP contribution in [0.15, 0.2) is 23.0 Å². The standard InChI is InChI=1S/C15H20N6O/c1-9(2)13-19-15(22-20-13)17-7-11-5-12-8-18-21(10(3)4)14(12)16-6-11/h5-6,8-10H,7H2,1-4H3,(H,17,19,20). The Morgan fingerprint density at radius 3 is 2.73 bits per heavy atom. The van der Waals surface area contributed by atoms with Crippen LogP contribution in [0.5, 0.6) is 0 Å². The van der Waals surface area contributed by atoms with Crippen molar-refractivity contribution in [3.8, 4) is 0 Å². The quantitative estimate of drug-likeness (QED) is 0.779. The maximum atomic E-state index is 5.16. The van der Waals surface area contributed by atoms with Gasteiger partial charge in [0.2, 0.25) is 0 Å². The van der Waals surface area contributed by atoms with E-state index in [1.807, 2.05) is 30.9 Å². The van der Waals surface area contributed by atoms with Gasteiger partial charge in [0.05, 0.1) is 6.20 Å². The summed E-state index contributed by atoms with van der Waals surface area (Å²) in [6.07, 6.45) is 3.69. The summed E-state index contributed by atoms with van der Waals surface area (Å²) >= 11 is 0. The zero-order valence-corrected chi connectivity index (χ0v) is 13.2. The van der Waals surface area contributed by atoms with Crippen LogP contribution >= 0.6 is 0 Å². The van der Waals surface area contributed by atoms with E-state index in [1.54, 1.807) is 0 Å².